The fraction of sp³-hybridized carbons (Fsp3) is 0.278. The lowest BCUT2D eigenvalue weighted by Crippen LogP contribution is -2.03. The lowest BCUT2D eigenvalue weighted by molar-refractivity contribution is -0.115. The van der Waals surface area contributed by atoms with Crippen molar-refractivity contribution in [3.05, 3.63) is 40.6 Å². The molecule has 0 fully saturated rings. The molecule has 6 nitrogen and oxygen atoms in total. The minimum atomic E-state index is -0.00563. The largest absolute Gasteiger partial charge is 0.361 e. The van der Waals surface area contributed by atoms with E-state index < -0.39 is 0 Å². The average molecular weight is 323 g/mol. The number of hydrogen-bond acceptors (Lipinski definition) is 5. The first kappa shape index (κ1) is 14.7. The smallest absolute Gasteiger partial charge is 0.228 e. The predicted molar refractivity (Wildman–Crippen MR) is 88.7 cm³/mol. The van der Waals surface area contributed by atoms with Gasteiger partial charge in [0.2, 0.25) is 5.91 Å². The zero-order chi connectivity index (χ0) is 17.0. The van der Waals surface area contributed by atoms with Crippen LogP contribution in [0.1, 0.15) is 28.5 Å². The second-order valence-electron chi connectivity index (χ2n) is 6.17. The van der Waals surface area contributed by atoms with Crippen molar-refractivity contribution in [2.24, 2.45) is 0 Å². The lowest BCUT2D eigenvalue weighted by Gasteiger charge is -2.11. The molecule has 0 atom stereocenters. The SMILES string of the molecule is Cc1noc(C)c1-c1cc2c(c(-c3c(C)noc3C)c1)CC(=O)N2. The van der Waals surface area contributed by atoms with Crippen LogP contribution in [0.15, 0.2) is 21.2 Å². The second-order valence-corrected chi connectivity index (χ2v) is 6.17. The molecule has 1 aliphatic heterocycles. The number of carbonyl (C=O) groups is 1. The summed E-state index contributed by atoms with van der Waals surface area (Å²) in [6, 6.07) is 4.05. The third-order valence-corrected chi connectivity index (χ3v) is 4.49. The molecule has 0 radical (unpaired) electrons. The molecule has 4 rings (SSSR count). The number of hydrogen-bond donors (Lipinski definition) is 1. The Morgan fingerprint density at radius 3 is 2.17 bits per heavy atom. The highest BCUT2D eigenvalue weighted by Gasteiger charge is 2.27. The summed E-state index contributed by atoms with van der Waals surface area (Å²) in [6.45, 7) is 7.59. The zero-order valence-corrected chi connectivity index (χ0v) is 14.0. The van der Waals surface area contributed by atoms with Gasteiger partial charge in [0.05, 0.1) is 17.8 Å². The maximum absolute atomic E-state index is 11.9. The van der Waals surface area contributed by atoms with E-state index in [0.717, 1.165) is 56.4 Å². The molecule has 3 aromatic rings. The van der Waals surface area contributed by atoms with Gasteiger partial charge < -0.3 is 14.4 Å². The van der Waals surface area contributed by atoms with Gasteiger partial charge in [0.25, 0.3) is 0 Å². The molecule has 0 unspecified atom stereocenters. The summed E-state index contributed by atoms with van der Waals surface area (Å²) in [4.78, 5) is 11.9. The normalized spacial score (nSPS) is 13.2. The van der Waals surface area contributed by atoms with Gasteiger partial charge in [-0.2, -0.15) is 0 Å². The molecular formula is C18H17N3O3. The quantitative estimate of drug-likeness (QED) is 0.777. The number of aromatic nitrogens is 2. The summed E-state index contributed by atoms with van der Waals surface area (Å²) in [5.74, 6) is 1.49. The van der Waals surface area contributed by atoms with E-state index in [1.54, 1.807) is 0 Å². The van der Waals surface area contributed by atoms with Crippen LogP contribution in [0.3, 0.4) is 0 Å². The van der Waals surface area contributed by atoms with Gasteiger partial charge in [-0.1, -0.05) is 10.3 Å². The van der Waals surface area contributed by atoms with Crippen molar-refractivity contribution in [1.29, 1.82) is 0 Å². The fourth-order valence-electron chi connectivity index (χ4n) is 3.46. The van der Waals surface area contributed by atoms with Crippen molar-refractivity contribution >= 4 is 11.6 Å². The predicted octanol–water partition coefficient (Wildman–Crippen LogP) is 3.72. The van der Waals surface area contributed by atoms with Gasteiger partial charge in [-0.15, -0.1) is 0 Å². The summed E-state index contributed by atoms with van der Waals surface area (Å²) in [5.41, 5.74) is 7.26. The van der Waals surface area contributed by atoms with Crippen molar-refractivity contribution in [3.63, 3.8) is 0 Å². The number of fused-ring (bicyclic) bond motifs is 1. The van der Waals surface area contributed by atoms with Crippen LogP contribution < -0.4 is 5.32 Å². The van der Waals surface area contributed by atoms with E-state index in [0.29, 0.717) is 6.42 Å². The lowest BCUT2D eigenvalue weighted by atomic mass is 9.91. The number of benzene rings is 1. The van der Waals surface area contributed by atoms with E-state index in [2.05, 4.69) is 21.7 Å². The Bertz CT molecular complexity index is 943. The number of rotatable bonds is 2. The molecule has 1 N–H and O–H groups in total. The topological polar surface area (TPSA) is 81.2 Å². The number of carbonyl (C=O) groups excluding carboxylic acids is 1. The van der Waals surface area contributed by atoms with Crippen LogP contribution in [0.4, 0.5) is 5.69 Å². The number of anilines is 1. The fourth-order valence-corrected chi connectivity index (χ4v) is 3.46. The molecule has 24 heavy (non-hydrogen) atoms. The molecule has 0 saturated carbocycles. The molecule has 3 heterocycles. The van der Waals surface area contributed by atoms with E-state index in [1.807, 2.05) is 33.8 Å². The minimum absolute atomic E-state index is 0.00563. The molecule has 0 aliphatic carbocycles. The molecular weight excluding hydrogens is 306 g/mol. The maximum atomic E-state index is 11.9. The summed E-state index contributed by atoms with van der Waals surface area (Å²) in [5, 5.41) is 11.0. The average Bonchev–Trinajstić information content (AvgIpc) is 3.16. The van der Waals surface area contributed by atoms with Crippen molar-refractivity contribution in [1.82, 2.24) is 10.3 Å². The molecule has 122 valence electrons. The van der Waals surface area contributed by atoms with E-state index in [4.69, 9.17) is 9.05 Å². The van der Waals surface area contributed by atoms with Gasteiger partial charge >= 0.3 is 0 Å². The van der Waals surface area contributed by atoms with E-state index in [9.17, 15) is 4.79 Å². The first-order valence-corrected chi connectivity index (χ1v) is 7.79. The summed E-state index contributed by atoms with van der Waals surface area (Å²) >= 11 is 0. The van der Waals surface area contributed by atoms with Crippen LogP contribution in [0, 0.1) is 27.7 Å². The molecule has 1 aliphatic rings. The van der Waals surface area contributed by atoms with Crippen LogP contribution in [-0.4, -0.2) is 16.2 Å². The Kier molecular flexibility index (Phi) is 3.09. The Morgan fingerprint density at radius 1 is 0.958 bits per heavy atom. The number of nitrogens with one attached hydrogen (secondary N) is 1. The van der Waals surface area contributed by atoms with Gasteiger partial charge in [0, 0.05) is 16.8 Å². The van der Waals surface area contributed by atoms with Gasteiger partial charge in [0.1, 0.15) is 11.5 Å². The highest BCUT2D eigenvalue weighted by atomic mass is 16.5. The number of aryl methyl sites for hydroxylation is 4. The number of nitrogens with zero attached hydrogens (tertiary/aromatic N) is 2. The van der Waals surface area contributed by atoms with Crippen molar-refractivity contribution < 1.29 is 13.8 Å². The van der Waals surface area contributed by atoms with Gasteiger partial charge in [-0.25, -0.2) is 0 Å². The molecule has 1 amide bonds. The Morgan fingerprint density at radius 2 is 1.58 bits per heavy atom. The standard InChI is InChI=1S/C18H17N3O3/c1-8-17(10(3)23-20-8)12-5-14(18-9(2)21-24-11(18)4)13-7-16(22)19-15(13)6-12/h5-6H,7H2,1-4H3,(H,19,22). The first-order valence-electron chi connectivity index (χ1n) is 7.79. The number of amides is 1. The summed E-state index contributed by atoms with van der Waals surface area (Å²) < 4.78 is 10.6. The Balaban J connectivity index is 2.02. The van der Waals surface area contributed by atoms with E-state index in [1.165, 1.54) is 0 Å². The third kappa shape index (κ3) is 2.06. The third-order valence-electron chi connectivity index (χ3n) is 4.49. The molecule has 6 heteroatoms. The van der Waals surface area contributed by atoms with Crippen LogP contribution in [0.5, 0.6) is 0 Å². The van der Waals surface area contributed by atoms with Gasteiger partial charge in [-0.05, 0) is 56.5 Å². The van der Waals surface area contributed by atoms with Crippen molar-refractivity contribution in [2.45, 2.75) is 34.1 Å². The van der Waals surface area contributed by atoms with Crippen LogP contribution in [0.2, 0.25) is 0 Å². The van der Waals surface area contributed by atoms with Crippen LogP contribution in [-0.2, 0) is 11.2 Å². The molecule has 0 bridgehead atoms. The van der Waals surface area contributed by atoms with Crippen molar-refractivity contribution in [2.75, 3.05) is 5.32 Å². The highest BCUT2D eigenvalue weighted by molar-refractivity contribution is 6.03. The maximum Gasteiger partial charge on any atom is 0.228 e. The summed E-state index contributed by atoms with van der Waals surface area (Å²) in [7, 11) is 0. The monoisotopic (exact) mass is 323 g/mol. The van der Waals surface area contributed by atoms with Gasteiger partial charge in [0.15, 0.2) is 0 Å². The van der Waals surface area contributed by atoms with Gasteiger partial charge in [-0.3, -0.25) is 4.79 Å². The molecule has 2 aromatic heterocycles. The van der Waals surface area contributed by atoms with Crippen LogP contribution in [0.25, 0.3) is 22.3 Å². The van der Waals surface area contributed by atoms with Crippen LogP contribution >= 0.6 is 0 Å². The minimum Gasteiger partial charge on any atom is -0.361 e. The van der Waals surface area contributed by atoms with Crippen molar-refractivity contribution in [3.8, 4) is 22.3 Å². The van der Waals surface area contributed by atoms with E-state index in [-0.39, 0.29) is 5.91 Å². The molecule has 0 saturated heterocycles. The summed E-state index contributed by atoms with van der Waals surface area (Å²) in [6.07, 6.45) is 0.358. The Hall–Kier alpha value is -2.89. The first-order chi connectivity index (χ1) is 11.5. The highest BCUT2D eigenvalue weighted by Crippen LogP contribution is 2.41. The zero-order valence-electron chi connectivity index (χ0n) is 14.0. The molecule has 0 spiro atoms. The second kappa shape index (κ2) is 5.06. The molecule has 1 aromatic carbocycles. The van der Waals surface area contributed by atoms with E-state index >= 15 is 0 Å². The Labute approximate surface area is 138 Å².